The lowest BCUT2D eigenvalue weighted by atomic mass is 9.97. The molecule has 1 aromatic heterocycles. The molecule has 2 amide bonds. The first kappa shape index (κ1) is 17.6. The summed E-state index contributed by atoms with van der Waals surface area (Å²) in [5.74, 6) is -0.693. The van der Waals surface area contributed by atoms with Crippen LogP contribution in [0.5, 0.6) is 0 Å². The minimum atomic E-state index is -3.42. The zero-order valence-corrected chi connectivity index (χ0v) is 15.6. The molecule has 0 radical (unpaired) electrons. The van der Waals surface area contributed by atoms with E-state index in [0.29, 0.717) is 16.3 Å². The predicted molar refractivity (Wildman–Crippen MR) is 97.9 cm³/mol. The monoisotopic (exact) mass is 378 g/mol. The molecule has 1 atom stereocenters. The van der Waals surface area contributed by atoms with Gasteiger partial charge in [-0.05, 0) is 35.6 Å². The van der Waals surface area contributed by atoms with Crippen LogP contribution < -0.4 is 10.2 Å². The SMILES string of the molecule is CC(C)[C@H]1C(=O)Nc2cc(S(C)(=O)=O)ccc2N1C(=O)c1cccs1. The van der Waals surface area contributed by atoms with Crippen LogP contribution in [0.1, 0.15) is 23.5 Å². The van der Waals surface area contributed by atoms with Crippen molar-refractivity contribution in [2.45, 2.75) is 24.8 Å². The second kappa shape index (κ2) is 6.27. The van der Waals surface area contributed by atoms with Crippen LogP contribution in [0.15, 0.2) is 40.6 Å². The fourth-order valence-corrected chi connectivity index (χ4v) is 4.19. The van der Waals surface area contributed by atoms with Crippen molar-refractivity contribution in [1.82, 2.24) is 0 Å². The van der Waals surface area contributed by atoms with Crippen molar-refractivity contribution in [3.8, 4) is 0 Å². The van der Waals surface area contributed by atoms with Crippen LogP contribution in [-0.4, -0.2) is 32.5 Å². The Balaban J connectivity index is 2.16. The van der Waals surface area contributed by atoms with Gasteiger partial charge in [-0.15, -0.1) is 11.3 Å². The number of amides is 2. The average Bonchev–Trinajstić information content (AvgIpc) is 3.05. The van der Waals surface area contributed by atoms with Crippen LogP contribution in [0.4, 0.5) is 11.4 Å². The van der Waals surface area contributed by atoms with Gasteiger partial charge in [0.1, 0.15) is 6.04 Å². The Labute approximate surface area is 150 Å². The topological polar surface area (TPSA) is 83.6 Å². The van der Waals surface area contributed by atoms with Gasteiger partial charge in [-0.25, -0.2) is 8.42 Å². The maximum Gasteiger partial charge on any atom is 0.269 e. The van der Waals surface area contributed by atoms with Gasteiger partial charge in [-0.2, -0.15) is 0 Å². The van der Waals surface area contributed by atoms with Crippen molar-refractivity contribution in [3.63, 3.8) is 0 Å². The van der Waals surface area contributed by atoms with Gasteiger partial charge in [0.2, 0.25) is 5.91 Å². The summed E-state index contributed by atoms with van der Waals surface area (Å²) < 4.78 is 23.6. The molecular formula is C17H18N2O4S2. The molecule has 1 N–H and O–H groups in total. The van der Waals surface area contributed by atoms with Crippen LogP contribution in [0.2, 0.25) is 0 Å². The van der Waals surface area contributed by atoms with Crippen molar-refractivity contribution < 1.29 is 18.0 Å². The van der Waals surface area contributed by atoms with Crippen LogP contribution in [0, 0.1) is 5.92 Å². The maximum absolute atomic E-state index is 13.0. The van der Waals surface area contributed by atoms with Crippen molar-refractivity contribution in [1.29, 1.82) is 0 Å². The van der Waals surface area contributed by atoms with E-state index in [1.165, 1.54) is 28.4 Å². The summed E-state index contributed by atoms with van der Waals surface area (Å²) in [6.45, 7) is 3.74. The van der Waals surface area contributed by atoms with E-state index in [0.717, 1.165) is 6.26 Å². The molecule has 0 spiro atoms. The molecule has 0 saturated heterocycles. The number of sulfone groups is 1. The van der Waals surface area contributed by atoms with E-state index in [1.54, 1.807) is 23.6 Å². The molecule has 1 aliphatic rings. The number of rotatable bonds is 3. The fourth-order valence-electron chi connectivity index (χ4n) is 2.89. The molecule has 0 fully saturated rings. The number of carbonyl (C=O) groups is 2. The lowest BCUT2D eigenvalue weighted by molar-refractivity contribution is -0.118. The van der Waals surface area contributed by atoms with Crippen LogP contribution in [-0.2, 0) is 14.6 Å². The molecule has 1 aromatic carbocycles. The lowest BCUT2D eigenvalue weighted by Gasteiger charge is -2.38. The summed E-state index contributed by atoms with van der Waals surface area (Å²) in [5, 5.41) is 4.54. The number of hydrogen-bond donors (Lipinski definition) is 1. The predicted octanol–water partition coefficient (Wildman–Crippen LogP) is 2.78. The summed E-state index contributed by atoms with van der Waals surface area (Å²) in [7, 11) is -3.42. The van der Waals surface area contributed by atoms with Gasteiger partial charge in [0, 0.05) is 6.26 Å². The molecule has 0 bridgehead atoms. The Morgan fingerprint density at radius 3 is 2.56 bits per heavy atom. The number of carbonyl (C=O) groups excluding carboxylic acids is 2. The van der Waals surface area contributed by atoms with E-state index in [2.05, 4.69) is 5.32 Å². The van der Waals surface area contributed by atoms with Gasteiger partial charge in [0.15, 0.2) is 9.84 Å². The van der Waals surface area contributed by atoms with Gasteiger partial charge in [0.05, 0.1) is 21.1 Å². The second-order valence-corrected chi connectivity index (χ2v) is 9.25. The second-order valence-electron chi connectivity index (χ2n) is 6.28. The highest BCUT2D eigenvalue weighted by molar-refractivity contribution is 7.90. The molecule has 2 aromatic rings. The standard InChI is InChI=1S/C17H18N2O4S2/c1-10(2)15-16(20)18-12-9-11(25(3,22)23)6-7-13(12)19(15)17(21)14-5-4-8-24-14/h4-10,15H,1-3H3,(H,18,20)/t15-/m0/s1. The lowest BCUT2D eigenvalue weighted by Crippen LogP contribution is -2.53. The van der Waals surface area contributed by atoms with Crippen LogP contribution >= 0.6 is 11.3 Å². The van der Waals surface area contributed by atoms with E-state index >= 15 is 0 Å². The summed E-state index contributed by atoms with van der Waals surface area (Å²) >= 11 is 1.30. The van der Waals surface area contributed by atoms with Gasteiger partial charge in [-0.3, -0.25) is 14.5 Å². The molecule has 132 valence electrons. The fraction of sp³-hybridized carbons (Fsp3) is 0.294. The number of nitrogens with one attached hydrogen (secondary N) is 1. The average molecular weight is 378 g/mol. The third-order valence-electron chi connectivity index (χ3n) is 4.04. The molecule has 0 saturated carbocycles. The molecule has 0 aliphatic carbocycles. The number of nitrogens with zero attached hydrogens (tertiary/aromatic N) is 1. The molecule has 0 unspecified atom stereocenters. The first-order valence-corrected chi connectivity index (χ1v) is 10.5. The molecule has 3 rings (SSSR count). The molecule has 1 aliphatic heterocycles. The van der Waals surface area contributed by atoms with Crippen LogP contribution in [0.3, 0.4) is 0 Å². The van der Waals surface area contributed by atoms with Crippen molar-refractivity contribution in [3.05, 3.63) is 40.6 Å². The largest absolute Gasteiger partial charge is 0.322 e. The van der Waals surface area contributed by atoms with E-state index in [-0.39, 0.29) is 22.6 Å². The summed E-state index contributed by atoms with van der Waals surface area (Å²) in [4.78, 5) is 27.7. The zero-order valence-electron chi connectivity index (χ0n) is 14.0. The van der Waals surface area contributed by atoms with E-state index in [9.17, 15) is 18.0 Å². The highest BCUT2D eigenvalue weighted by atomic mass is 32.2. The summed E-state index contributed by atoms with van der Waals surface area (Å²) in [6, 6.07) is 7.25. The molecule has 2 heterocycles. The smallest absolute Gasteiger partial charge is 0.269 e. The highest BCUT2D eigenvalue weighted by Gasteiger charge is 2.39. The number of anilines is 2. The van der Waals surface area contributed by atoms with Gasteiger partial charge < -0.3 is 5.32 Å². The Bertz CT molecular complexity index is 934. The number of hydrogen-bond acceptors (Lipinski definition) is 5. The van der Waals surface area contributed by atoms with E-state index < -0.39 is 15.9 Å². The summed E-state index contributed by atoms with van der Waals surface area (Å²) in [6.07, 6.45) is 1.10. The third kappa shape index (κ3) is 3.19. The molecule has 25 heavy (non-hydrogen) atoms. The van der Waals surface area contributed by atoms with Crippen molar-refractivity contribution in [2.24, 2.45) is 5.92 Å². The Hall–Kier alpha value is -2.19. The van der Waals surface area contributed by atoms with E-state index in [1.807, 2.05) is 13.8 Å². The van der Waals surface area contributed by atoms with Crippen molar-refractivity contribution >= 4 is 44.4 Å². The normalized spacial score (nSPS) is 17.4. The highest BCUT2D eigenvalue weighted by Crippen LogP contribution is 2.37. The van der Waals surface area contributed by atoms with Gasteiger partial charge >= 0.3 is 0 Å². The first-order chi connectivity index (χ1) is 11.7. The number of thiophene rings is 1. The first-order valence-electron chi connectivity index (χ1n) is 7.72. The Morgan fingerprint density at radius 1 is 1.28 bits per heavy atom. The number of fused-ring (bicyclic) bond motifs is 1. The molecule has 8 heteroatoms. The van der Waals surface area contributed by atoms with Gasteiger partial charge in [0.25, 0.3) is 5.91 Å². The van der Waals surface area contributed by atoms with E-state index in [4.69, 9.17) is 0 Å². The molecule has 6 nitrogen and oxygen atoms in total. The third-order valence-corrected chi connectivity index (χ3v) is 6.01. The van der Waals surface area contributed by atoms with Gasteiger partial charge in [-0.1, -0.05) is 19.9 Å². The minimum Gasteiger partial charge on any atom is -0.322 e. The minimum absolute atomic E-state index is 0.0954. The van der Waals surface area contributed by atoms with Crippen LogP contribution in [0.25, 0.3) is 0 Å². The summed E-state index contributed by atoms with van der Waals surface area (Å²) in [5.41, 5.74) is 0.832. The van der Waals surface area contributed by atoms with Crippen molar-refractivity contribution in [2.75, 3.05) is 16.5 Å². The quantitative estimate of drug-likeness (QED) is 0.890. The maximum atomic E-state index is 13.0. The Morgan fingerprint density at radius 2 is 2.00 bits per heavy atom. The Kier molecular flexibility index (Phi) is 4.42. The molecular weight excluding hydrogens is 360 g/mol. The number of benzene rings is 1. The zero-order chi connectivity index (χ0) is 18.4.